The highest BCUT2D eigenvalue weighted by Gasteiger charge is 2.20. The van der Waals surface area contributed by atoms with Crippen LogP contribution < -0.4 is 5.32 Å². The Morgan fingerprint density at radius 3 is 2.65 bits per heavy atom. The zero-order valence-electron chi connectivity index (χ0n) is 12.1. The van der Waals surface area contributed by atoms with E-state index >= 15 is 0 Å². The number of carbonyl (C=O) groups is 1. The van der Waals surface area contributed by atoms with Gasteiger partial charge in [-0.3, -0.25) is 4.79 Å². The first-order valence-corrected chi connectivity index (χ1v) is 6.77. The fourth-order valence-electron chi connectivity index (χ4n) is 1.71. The molecule has 0 aliphatic carbocycles. The van der Waals surface area contributed by atoms with E-state index in [1.165, 1.54) is 0 Å². The number of amides is 1. The number of benzene rings is 1. The van der Waals surface area contributed by atoms with Crippen molar-refractivity contribution in [3.8, 4) is 0 Å². The first-order valence-electron chi connectivity index (χ1n) is 6.77. The molecule has 0 aliphatic rings. The molecular weight excluding hydrogens is 252 g/mol. The molecular formula is C15H20N4O. The van der Waals surface area contributed by atoms with E-state index < -0.39 is 0 Å². The van der Waals surface area contributed by atoms with E-state index in [0.717, 1.165) is 12.0 Å². The Kier molecular flexibility index (Phi) is 4.17. The molecule has 0 atom stereocenters. The van der Waals surface area contributed by atoms with Crippen molar-refractivity contribution in [1.29, 1.82) is 0 Å². The monoisotopic (exact) mass is 272 g/mol. The molecule has 0 saturated heterocycles. The highest BCUT2D eigenvalue weighted by atomic mass is 16.2. The summed E-state index contributed by atoms with van der Waals surface area (Å²) in [7, 11) is 0. The van der Waals surface area contributed by atoms with E-state index in [-0.39, 0.29) is 11.4 Å². The van der Waals surface area contributed by atoms with Gasteiger partial charge in [0.15, 0.2) is 5.69 Å². The van der Waals surface area contributed by atoms with Crippen molar-refractivity contribution < 1.29 is 4.79 Å². The van der Waals surface area contributed by atoms with Crippen LogP contribution in [0.4, 0.5) is 0 Å². The molecule has 1 N–H and O–H groups in total. The number of hydrogen-bond acceptors (Lipinski definition) is 3. The fourth-order valence-corrected chi connectivity index (χ4v) is 1.71. The largest absolute Gasteiger partial charge is 0.346 e. The standard InChI is InChI=1S/C15H20N4O/c1-4-15(2,3)16-14(20)13-11-19(18-17-13)10-12-8-6-5-7-9-12/h5-9,11H,4,10H2,1-3H3,(H,16,20). The number of rotatable bonds is 5. The lowest BCUT2D eigenvalue weighted by molar-refractivity contribution is 0.0906. The molecule has 1 aromatic carbocycles. The molecule has 1 heterocycles. The molecule has 1 aromatic heterocycles. The average Bonchev–Trinajstić information content (AvgIpc) is 2.88. The van der Waals surface area contributed by atoms with Crippen LogP contribution in [0.5, 0.6) is 0 Å². The molecule has 0 aliphatic heterocycles. The maximum absolute atomic E-state index is 12.1. The van der Waals surface area contributed by atoms with Crippen LogP contribution in [0.1, 0.15) is 43.2 Å². The molecule has 0 fully saturated rings. The molecule has 2 rings (SSSR count). The van der Waals surface area contributed by atoms with Crippen molar-refractivity contribution in [2.24, 2.45) is 0 Å². The number of hydrogen-bond donors (Lipinski definition) is 1. The first kappa shape index (κ1) is 14.2. The van der Waals surface area contributed by atoms with Gasteiger partial charge in [-0.05, 0) is 25.8 Å². The average molecular weight is 272 g/mol. The predicted octanol–water partition coefficient (Wildman–Crippen LogP) is 2.24. The van der Waals surface area contributed by atoms with Gasteiger partial charge in [0.05, 0.1) is 12.7 Å². The zero-order chi connectivity index (χ0) is 14.6. The van der Waals surface area contributed by atoms with Crippen molar-refractivity contribution >= 4 is 5.91 Å². The van der Waals surface area contributed by atoms with Crippen LogP contribution in [0.25, 0.3) is 0 Å². The minimum atomic E-state index is -0.236. The van der Waals surface area contributed by atoms with Gasteiger partial charge in [0.25, 0.3) is 5.91 Å². The van der Waals surface area contributed by atoms with Gasteiger partial charge < -0.3 is 5.32 Å². The van der Waals surface area contributed by atoms with Gasteiger partial charge in [-0.25, -0.2) is 4.68 Å². The summed E-state index contributed by atoms with van der Waals surface area (Å²) < 4.78 is 1.67. The van der Waals surface area contributed by atoms with Crippen molar-refractivity contribution in [2.45, 2.75) is 39.3 Å². The Morgan fingerprint density at radius 2 is 2.00 bits per heavy atom. The van der Waals surface area contributed by atoms with Crippen molar-refractivity contribution in [1.82, 2.24) is 20.3 Å². The SMILES string of the molecule is CCC(C)(C)NC(=O)c1cn(Cc2ccccc2)nn1. The molecule has 0 radical (unpaired) electrons. The Hall–Kier alpha value is -2.17. The lowest BCUT2D eigenvalue weighted by Gasteiger charge is -2.23. The Labute approximate surface area is 119 Å². The second-order valence-electron chi connectivity index (χ2n) is 5.48. The van der Waals surface area contributed by atoms with Gasteiger partial charge in [0.1, 0.15) is 0 Å². The summed E-state index contributed by atoms with van der Waals surface area (Å²) in [5.41, 5.74) is 1.24. The first-order chi connectivity index (χ1) is 9.50. The zero-order valence-corrected chi connectivity index (χ0v) is 12.1. The van der Waals surface area contributed by atoms with Crippen LogP contribution in [0.2, 0.25) is 0 Å². The van der Waals surface area contributed by atoms with Crippen molar-refractivity contribution in [2.75, 3.05) is 0 Å². The summed E-state index contributed by atoms with van der Waals surface area (Å²) in [5.74, 6) is -0.184. The smallest absolute Gasteiger partial charge is 0.273 e. The Morgan fingerprint density at radius 1 is 1.30 bits per heavy atom. The third-order valence-electron chi connectivity index (χ3n) is 3.29. The summed E-state index contributed by atoms with van der Waals surface area (Å²) in [6, 6.07) is 9.95. The molecule has 106 valence electrons. The van der Waals surface area contributed by atoms with E-state index in [0.29, 0.717) is 12.2 Å². The molecule has 5 nitrogen and oxygen atoms in total. The van der Waals surface area contributed by atoms with Crippen molar-refractivity contribution in [3.63, 3.8) is 0 Å². The number of aromatic nitrogens is 3. The number of carbonyl (C=O) groups excluding carboxylic acids is 1. The molecule has 1 amide bonds. The van der Waals surface area contributed by atoms with Crippen LogP contribution in [0.3, 0.4) is 0 Å². The van der Waals surface area contributed by atoms with E-state index in [1.54, 1.807) is 10.9 Å². The fraction of sp³-hybridized carbons (Fsp3) is 0.400. The summed E-state index contributed by atoms with van der Waals surface area (Å²) in [5, 5.41) is 10.9. The van der Waals surface area contributed by atoms with Gasteiger partial charge in [0.2, 0.25) is 0 Å². The maximum Gasteiger partial charge on any atom is 0.273 e. The molecule has 20 heavy (non-hydrogen) atoms. The van der Waals surface area contributed by atoms with Crippen LogP contribution in [0, 0.1) is 0 Å². The van der Waals surface area contributed by atoms with E-state index in [2.05, 4.69) is 15.6 Å². The lowest BCUT2D eigenvalue weighted by atomic mass is 10.0. The minimum Gasteiger partial charge on any atom is -0.346 e. The molecule has 0 bridgehead atoms. The van der Waals surface area contributed by atoms with E-state index in [9.17, 15) is 4.79 Å². The summed E-state index contributed by atoms with van der Waals surface area (Å²) in [6.07, 6.45) is 2.53. The summed E-state index contributed by atoms with van der Waals surface area (Å²) in [6.45, 7) is 6.61. The quantitative estimate of drug-likeness (QED) is 0.908. The van der Waals surface area contributed by atoms with Gasteiger partial charge in [0, 0.05) is 5.54 Å². The summed E-state index contributed by atoms with van der Waals surface area (Å²) in [4.78, 5) is 12.1. The second kappa shape index (κ2) is 5.86. The van der Waals surface area contributed by atoms with Gasteiger partial charge in [-0.15, -0.1) is 5.10 Å². The van der Waals surface area contributed by atoms with Crippen LogP contribution in [0.15, 0.2) is 36.5 Å². The van der Waals surface area contributed by atoms with E-state index in [4.69, 9.17) is 0 Å². The molecule has 0 saturated carbocycles. The molecule has 2 aromatic rings. The normalized spacial score (nSPS) is 11.3. The third kappa shape index (κ3) is 3.66. The van der Waals surface area contributed by atoms with Gasteiger partial charge >= 0.3 is 0 Å². The molecule has 0 unspecified atom stereocenters. The second-order valence-corrected chi connectivity index (χ2v) is 5.48. The highest BCUT2D eigenvalue weighted by molar-refractivity contribution is 5.92. The highest BCUT2D eigenvalue weighted by Crippen LogP contribution is 2.08. The minimum absolute atomic E-state index is 0.184. The topological polar surface area (TPSA) is 59.8 Å². The van der Waals surface area contributed by atoms with Crippen LogP contribution in [-0.2, 0) is 6.54 Å². The molecule has 5 heteroatoms. The predicted molar refractivity (Wildman–Crippen MR) is 77.4 cm³/mol. The van der Waals surface area contributed by atoms with Crippen molar-refractivity contribution in [3.05, 3.63) is 47.8 Å². The van der Waals surface area contributed by atoms with E-state index in [1.807, 2.05) is 51.1 Å². The van der Waals surface area contributed by atoms with Crippen LogP contribution >= 0.6 is 0 Å². The Bertz CT molecular complexity index is 575. The maximum atomic E-state index is 12.1. The van der Waals surface area contributed by atoms with Gasteiger partial charge in [-0.2, -0.15) is 0 Å². The number of nitrogens with zero attached hydrogens (tertiary/aromatic N) is 3. The Balaban J connectivity index is 2.04. The number of nitrogens with one attached hydrogen (secondary N) is 1. The lowest BCUT2D eigenvalue weighted by Crippen LogP contribution is -2.42. The van der Waals surface area contributed by atoms with Crippen LogP contribution in [-0.4, -0.2) is 26.4 Å². The van der Waals surface area contributed by atoms with Gasteiger partial charge in [-0.1, -0.05) is 42.5 Å². The molecule has 0 spiro atoms. The third-order valence-corrected chi connectivity index (χ3v) is 3.29. The summed E-state index contributed by atoms with van der Waals surface area (Å²) >= 11 is 0.